The average Bonchev–Trinajstić information content (AvgIpc) is 3.12. The van der Waals surface area contributed by atoms with Crippen molar-refractivity contribution in [3.63, 3.8) is 0 Å². The van der Waals surface area contributed by atoms with Gasteiger partial charge in [0.25, 0.3) is 5.91 Å². The maximum atomic E-state index is 13.3. The van der Waals surface area contributed by atoms with Crippen LogP contribution in [0.1, 0.15) is 31.4 Å². The summed E-state index contributed by atoms with van der Waals surface area (Å²) in [5.41, 5.74) is 1.84. The molecule has 3 rings (SSSR count). The van der Waals surface area contributed by atoms with E-state index < -0.39 is 30.2 Å². The topological polar surface area (TPSA) is 84.9 Å². The fraction of sp³-hybridized carbons (Fsp3) is 0.375. The van der Waals surface area contributed by atoms with Crippen molar-refractivity contribution in [1.29, 1.82) is 0 Å². The second-order valence-corrected chi connectivity index (χ2v) is 8.02. The number of carbonyl (C=O) groups excluding carboxylic acids is 3. The highest BCUT2D eigenvalue weighted by molar-refractivity contribution is 5.97. The molecule has 0 unspecified atom stereocenters. The van der Waals surface area contributed by atoms with Crippen molar-refractivity contribution in [2.45, 2.75) is 45.4 Å². The number of carbonyl (C=O) groups is 3. The number of nitrogens with zero attached hydrogens (tertiary/aromatic N) is 1. The van der Waals surface area contributed by atoms with E-state index in [-0.39, 0.29) is 19.1 Å². The maximum absolute atomic E-state index is 13.3. The first-order valence-corrected chi connectivity index (χ1v) is 10.4. The summed E-state index contributed by atoms with van der Waals surface area (Å²) in [4.78, 5) is 39.1. The lowest BCUT2D eigenvalue weighted by Gasteiger charge is -2.26. The number of cyclic esters (lactones) is 1. The summed E-state index contributed by atoms with van der Waals surface area (Å²) in [6.45, 7) is 4.12. The SMILES string of the molecule is CC(C)C[C@@H](NC(=O)OCc1ccccc1)C(=O)N1C(=O)OC[C@H]1Cc1ccccc1. The van der Waals surface area contributed by atoms with Crippen molar-refractivity contribution in [1.82, 2.24) is 10.2 Å². The van der Waals surface area contributed by atoms with Gasteiger partial charge in [0.1, 0.15) is 19.3 Å². The van der Waals surface area contributed by atoms with Crippen LogP contribution < -0.4 is 5.32 Å². The third-order valence-electron chi connectivity index (χ3n) is 5.02. The van der Waals surface area contributed by atoms with Gasteiger partial charge in [0, 0.05) is 0 Å². The van der Waals surface area contributed by atoms with Gasteiger partial charge >= 0.3 is 12.2 Å². The van der Waals surface area contributed by atoms with Gasteiger partial charge in [0.05, 0.1) is 6.04 Å². The Bertz CT molecular complexity index is 885. The highest BCUT2D eigenvalue weighted by Crippen LogP contribution is 2.20. The molecule has 1 aliphatic rings. The Morgan fingerprint density at radius 3 is 2.29 bits per heavy atom. The van der Waals surface area contributed by atoms with E-state index in [0.717, 1.165) is 16.0 Å². The highest BCUT2D eigenvalue weighted by Gasteiger charge is 2.41. The molecule has 0 spiro atoms. The number of hydrogen-bond donors (Lipinski definition) is 1. The van der Waals surface area contributed by atoms with E-state index >= 15 is 0 Å². The van der Waals surface area contributed by atoms with Crippen LogP contribution in [-0.4, -0.2) is 41.7 Å². The number of alkyl carbamates (subject to hydrolysis) is 1. The lowest BCUT2D eigenvalue weighted by atomic mass is 10.0. The number of hydrogen-bond acceptors (Lipinski definition) is 5. The second kappa shape index (κ2) is 10.6. The van der Waals surface area contributed by atoms with Gasteiger partial charge in [-0.05, 0) is 29.9 Å². The molecule has 31 heavy (non-hydrogen) atoms. The molecule has 2 atom stereocenters. The van der Waals surface area contributed by atoms with Gasteiger partial charge in [0.2, 0.25) is 0 Å². The molecular weight excluding hydrogens is 396 g/mol. The van der Waals surface area contributed by atoms with Gasteiger partial charge in [-0.2, -0.15) is 0 Å². The molecule has 1 heterocycles. The number of benzene rings is 2. The van der Waals surface area contributed by atoms with Gasteiger partial charge in [-0.1, -0.05) is 74.5 Å². The van der Waals surface area contributed by atoms with Crippen molar-refractivity contribution in [3.05, 3.63) is 71.8 Å². The average molecular weight is 424 g/mol. The zero-order valence-electron chi connectivity index (χ0n) is 17.8. The first-order chi connectivity index (χ1) is 14.9. The van der Waals surface area contributed by atoms with E-state index in [2.05, 4.69) is 5.32 Å². The van der Waals surface area contributed by atoms with E-state index in [1.807, 2.05) is 74.5 Å². The molecule has 1 fully saturated rings. The maximum Gasteiger partial charge on any atom is 0.417 e. The van der Waals surface area contributed by atoms with Crippen LogP contribution in [0.5, 0.6) is 0 Å². The lowest BCUT2D eigenvalue weighted by Crippen LogP contribution is -2.52. The highest BCUT2D eigenvalue weighted by atomic mass is 16.6. The summed E-state index contributed by atoms with van der Waals surface area (Å²) in [5, 5.41) is 2.64. The van der Waals surface area contributed by atoms with Crippen LogP contribution >= 0.6 is 0 Å². The van der Waals surface area contributed by atoms with Crippen molar-refractivity contribution in [3.8, 4) is 0 Å². The van der Waals surface area contributed by atoms with Crippen molar-refractivity contribution in [2.24, 2.45) is 5.92 Å². The number of rotatable bonds is 8. The Morgan fingerprint density at radius 2 is 1.68 bits per heavy atom. The van der Waals surface area contributed by atoms with Crippen LogP contribution in [0.25, 0.3) is 0 Å². The first kappa shape index (κ1) is 22.3. The van der Waals surface area contributed by atoms with E-state index in [0.29, 0.717) is 12.8 Å². The predicted molar refractivity (Wildman–Crippen MR) is 115 cm³/mol. The summed E-state index contributed by atoms with van der Waals surface area (Å²) in [6.07, 6.45) is -0.513. The van der Waals surface area contributed by atoms with Crippen LogP contribution in [0, 0.1) is 5.92 Å². The molecule has 3 amide bonds. The Morgan fingerprint density at radius 1 is 1.06 bits per heavy atom. The smallest absolute Gasteiger partial charge is 0.417 e. The molecule has 7 nitrogen and oxygen atoms in total. The summed E-state index contributed by atoms with van der Waals surface area (Å²) in [6, 6.07) is 17.6. The molecular formula is C24H28N2O5. The number of nitrogens with one attached hydrogen (secondary N) is 1. The molecule has 0 aliphatic carbocycles. The molecule has 0 saturated carbocycles. The molecule has 164 valence electrons. The third kappa shape index (κ3) is 6.31. The molecule has 1 aliphatic heterocycles. The molecule has 1 N–H and O–H groups in total. The predicted octanol–water partition coefficient (Wildman–Crippen LogP) is 3.92. The number of amides is 3. The minimum Gasteiger partial charge on any atom is -0.447 e. The Kier molecular flexibility index (Phi) is 7.65. The van der Waals surface area contributed by atoms with Gasteiger partial charge in [-0.25, -0.2) is 14.5 Å². The van der Waals surface area contributed by atoms with Crippen LogP contribution in [-0.2, 0) is 27.3 Å². The second-order valence-electron chi connectivity index (χ2n) is 8.02. The number of ether oxygens (including phenoxy) is 2. The standard InChI is InChI=1S/C24H28N2O5/c1-17(2)13-21(25-23(28)30-15-19-11-7-4-8-12-19)22(27)26-20(16-31-24(26)29)14-18-9-5-3-6-10-18/h3-12,17,20-21H,13-16H2,1-2H3,(H,25,28)/t20-,21-/m1/s1. The van der Waals surface area contributed by atoms with E-state index in [4.69, 9.17) is 9.47 Å². The summed E-state index contributed by atoms with van der Waals surface area (Å²) >= 11 is 0. The Labute approximate surface area is 182 Å². The summed E-state index contributed by atoms with van der Waals surface area (Å²) < 4.78 is 10.4. The van der Waals surface area contributed by atoms with Crippen molar-refractivity contribution in [2.75, 3.05) is 6.61 Å². The summed E-state index contributed by atoms with van der Waals surface area (Å²) in [7, 11) is 0. The van der Waals surface area contributed by atoms with Gasteiger partial charge in [-0.3, -0.25) is 4.79 Å². The lowest BCUT2D eigenvalue weighted by molar-refractivity contribution is -0.131. The largest absolute Gasteiger partial charge is 0.447 e. The van der Waals surface area contributed by atoms with Gasteiger partial charge in [-0.15, -0.1) is 0 Å². The first-order valence-electron chi connectivity index (χ1n) is 10.4. The van der Waals surface area contributed by atoms with Crippen LogP contribution in [0.4, 0.5) is 9.59 Å². The van der Waals surface area contributed by atoms with E-state index in [1.165, 1.54) is 0 Å². The molecule has 0 radical (unpaired) electrons. The molecule has 0 bridgehead atoms. The molecule has 1 saturated heterocycles. The third-order valence-corrected chi connectivity index (χ3v) is 5.02. The minimum atomic E-state index is -0.882. The minimum absolute atomic E-state index is 0.0949. The zero-order chi connectivity index (χ0) is 22.2. The molecule has 2 aromatic carbocycles. The molecule has 2 aromatic rings. The monoisotopic (exact) mass is 424 g/mol. The molecule has 7 heteroatoms. The van der Waals surface area contributed by atoms with E-state index in [1.54, 1.807) is 0 Å². The van der Waals surface area contributed by atoms with Crippen molar-refractivity contribution < 1.29 is 23.9 Å². The Hall–Kier alpha value is -3.35. The van der Waals surface area contributed by atoms with Crippen LogP contribution in [0.2, 0.25) is 0 Å². The fourth-order valence-corrected chi connectivity index (χ4v) is 3.53. The zero-order valence-corrected chi connectivity index (χ0v) is 17.8. The van der Waals surface area contributed by atoms with Crippen molar-refractivity contribution >= 4 is 18.1 Å². The molecule has 0 aromatic heterocycles. The van der Waals surface area contributed by atoms with Gasteiger partial charge < -0.3 is 14.8 Å². The normalized spacial score (nSPS) is 16.7. The van der Waals surface area contributed by atoms with Gasteiger partial charge in [0.15, 0.2) is 0 Å². The Balaban J connectivity index is 1.67. The quantitative estimate of drug-likeness (QED) is 0.694. The van der Waals surface area contributed by atoms with Crippen LogP contribution in [0.3, 0.4) is 0 Å². The number of imide groups is 1. The summed E-state index contributed by atoms with van der Waals surface area (Å²) in [5.74, 6) is -0.358. The van der Waals surface area contributed by atoms with Crippen LogP contribution in [0.15, 0.2) is 60.7 Å². The van der Waals surface area contributed by atoms with E-state index in [9.17, 15) is 14.4 Å². The fourth-order valence-electron chi connectivity index (χ4n) is 3.53.